The maximum absolute atomic E-state index is 12.8. The van der Waals surface area contributed by atoms with Crippen molar-refractivity contribution in [2.45, 2.75) is 39.9 Å². The minimum Gasteiger partial charge on any atom is -0.352 e. The zero-order chi connectivity index (χ0) is 22.7. The molecule has 1 fully saturated rings. The van der Waals surface area contributed by atoms with Gasteiger partial charge in [0, 0.05) is 42.3 Å². The van der Waals surface area contributed by atoms with Crippen LogP contribution in [0, 0.1) is 19.8 Å². The molecule has 7 heteroatoms. The molecule has 0 spiro atoms. The quantitative estimate of drug-likeness (QED) is 0.594. The summed E-state index contributed by atoms with van der Waals surface area (Å²) in [6.07, 6.45) is 0.224. The van der Waals surface area contributed by atoms with Crippen LogP contribution in [0.3, 0.4) is 0 Å². The summed E-state index contributed by atoms with van der Waals surface area (Å²) in [5, 5.41) is 8.30. The van der Waals surface area contributed by atoms with Gasteiger partial charge in [0.05, 0.1) is 18.2 Å². The Balaban J connectivity index is 1.36. The molecule has 166 valence electrons. The predicted octanol–water partition coefficient (Wildman–Crippen LogP) is 3.87. The average molecular weight is 451 g/mol. The van der Waals surface area contributed by atoms with Crippen LogP contribution in [0.5, 0.6) is 0 Å². The predicted molar refractivity (Wildman–Crippen MR) is 124 cm³/mol. The molecule has 0 unspecified atom stereocenters. The van der Waals surface area contributed by atoms with Gasteiger partial charge in [-0.2, -0.15) is 5.10 Å². The monoisotopic (exact) mass is 450 g/mol. The van der Waals surface area contributed by atoms with E-state index in [4.69, 9.17) is 11.6 Å². The van der Waals surface area contributed by atoms with Gasteiger partial charge in [0.15, 0.2) is 0 Å². The number of nitrogens with one attached hydrogen (secondary N) is 1. The maximum Gasteiger partial charge on any atom is 0.225 e. The largest absolute Gasteiger partial charge is 0.352 e. The van der Waals surface area contributed by atoms with Crippen LogP contribution in [0.4, 0.5) is 0 Å². The van der Waals surface area contributed by atoms with E-state index < -0.39 is 0 Å². The van der Waals surface area contributed by atoms with Crippen molar-refractivity contribution in [2.24, 2.45) is 5.92 Å². The molecule has 2 heterocycles. The van der Waals surface area contributed by atoms with Gasteiger partial charge in [0.2, 0.25) is 11.8 Å². The molecule has 2 aromatic carbocycles. The number of rotatable bonds is 7. The molecule has 1 saturated heterocycles. The Kier molecular flexibility index (Phi) is 6.61. The molecule has 6 nitrogen and oxygen atoms in total. The summed E-state index contributed by atoms with van der Waals surface area (Å²) in [7, 11) is 0. The first-order chi connectivity index (χ1) is 15.4. The number of carbonyl (C=O) groups is 2. The molecular formula is C25H27ClN4O2. The number of amides is 2. The van der Waals surface area contributed by atoms with Crippen LogP contribution < -0.4 is 5.32 Å². The molecule has 3 aromatic rings. The van der Waals surface area contributed by atoms with Gasteiger partial charge in [-0.3, -0.25) is 14.3 Å². The highest BCUT2D eigenvalue weighted by molar-refractivity contribution is 6.31. The van der Waals surface area contributed by atoms with Crippen LogP contribution in [0.15, 0.2) is 54.6 Å². The number of aryl methyl sites for hydroxylation is 1. The Labute approximate surface area is 193 Å². The normalized spacial score (nSPS) is 15.9. The number of nitrogens with zero attached hydrogens (tertiary/aromatic N) is 3. The van der Waals surface area contributed by atoms with Crippen molar-refractivity contribution in [2.75, 3.05) is 6.54 Å². The zero-order valence-corrected chi connectivity index (χ0v) is 19.1. The summed E-state index contributed by atoms with van der Waals surface area (Å²) in [4.78, 5) is 27.0. The minimum absolute atomic E-state index is 0.0203. The van der Waals surface area contributed by atoms with E-state index in [1.165, 1.54) is 5.56 Å². The number of halogens is 1. The van der Waals surface area contributed by atoms with Gasteiger partial charge in [-0.25, -0.2) is 0 Å². The van der Waals surface area contributed by atoms with Gasteiger partial charge in [0.1, 0.15) is 0 Å². The summed E-state index contributed by atoms with van der Waals surface area (Å²) in [5.41, 5.74) is 5.03. The van der Waals surface area contributed by atoms with Crippen molar-refractivity contribution in [1.29, 1.82) is 0 Å². The van der Waals surface area contributed by atoms with E-state index in [0.717, 1.165) is 22.5 Å². The molecule has 4 rings (SSSR count). The molecule has 1 aromatic heterocycles. The second kappa shape index (κ2) is 9.57. The van der Waals surface area contributed by atoms with Crippen LogP contribution in [-0.4, -0.2) is 33.0 Å². The van der Waals surface area contributed by atoms with Crippen molar-refractivity contribution in [1.82, 2.24) is 20.0 Å². The number of aromatic nitrogens is 2. The summed E-state index contributed by atoms with van der Waals surface area (Å²) in [6.45, 7) is 5.90. The Morgan fingerprint density at radius 3 is 2.56 bits per heavy atom. The molecule has 32 heavy (non-hydrogen) atoms. The lowest BCUT2D eigenvalue weighted by Crippen LogP contribution is -2.32. The fourth-order valence-corrected chi connectivity index (χ4v) is 4.35. The molecule has 0 saturated carbocycles. The van der Waals surface area contributed by atoms with Crippen molar-refractivity contribution in [3.8, 4) is 0 Å². The Bertz CT molecular complexity index is 1130. The van der Waals surface area contributed by atoms with Crippen molar-refractivity contribution >= 4 is 23.4 Å². The van der Waals surface area contributed by atoms with E-state index in [1.54, 1.807) is 4.90 Å². The summed E-state index contributed by atoms with van der Waals surface area (Å²) < 4.78 is 1.97. The molecule has 0 radical (unpaired) electrons. The van der Waals surface area contributed by atoms with Gasteiger partial charge in [-0.05, 0) is 31.0 Å². The fraction of sp³-hybridized carbons (Fsp3) is 0.320. The number of likely N-dealkylation sites (tertiary alicyclic amines) is 1. The van der Waals surface area contributed by atoms with E-state index in [-0.39, 0.29) is 24.2 Å². The number of benzene rings is 2. The van der Waals surface area contributed by atoms with Gasteiger partial charge in [-0.1, -0.05) is 60.1 Å². The second-order valence-corrected chi connectivity index (χ2v) is 8.68. The van der Waals surface area contributed by atoms with Crippen LogP contribution in [-0.2, 0) is 29.2 Å². The van der Waals surface area contributed by atoms with Crippen molar-refractivity contribution in [3.63, 3.8) is 0 Å². The average Bonchev–Trinajstić information content (AvgIpc) is 3.28. The first-order valence-electron chi connectivity index (χ1n) is 10.8. The van der Waals surface area contributed by atoms with Crippen LogP contribution in [0.25, 0.3) is 0 Å². The number of hydrogen-bond donors (Lipinski definition) is 1. The molecule has 0 aliphatic carbocycles. The topological polar surface area (TPSA) is 67.2 Å². The molecule has 0 bridgehead atoms. The van der Waals surface area contributed by atoms with E-state index in [9.17, 15) is 9.59 Å². The van der Waals surface area contributed by atoms with Crippen LogP contribution >= 0.6 is 11.6 Å². The van der Waals surface area contributed by atoms with E-state index in [1.807, 2.05) is 61.0 Å². The van der Waals surface area contributed by atoms with E-state index in [0.29, 0.717) is 31.2 Å². The lowest BCUT2D eigenvalue weighted by molar-refractivity contribution is -0.129. The number of carbonyl (C=O) groups excluding carboxylic acids is 2. The third kappa shape index (κ3) is 4.86. The molecule has 1 atom stereocenters. The standard InChI is InChI=1S/C25H27ClN4O2/c1-17-22(18(2)30(28-17)14-19-8-4-3-5-9-19)13-27-25(32)21-12-24(31)29(16-21)15-20-10-6-7-11-23(20)26/h3-11,21H,12-16H2,1-2H3,(H,27,32)/t21-/m0/s1. The van der Waals surface area contributed by atoms with Gasteiger partial charge in [-0.15, -0.1) is 0 Å². The SMILES string of the molecule is Cc1nn(Cc2ccccc2)c(C)c1CNC(=O)[C@H]1CC(=O)N(Cc2ccccc2Cl)C1. The summed E-state index contributed by atoms with van der Waals surface area (Å²) >= 11 is 6.22. The third-order valence-corrected chi connectivity index (χ3v) is 6.42. The lowest BCUT2D eigenvalue weighted by Gasteiger charge is -2.17. The van der Waals surface area contributed by atoms with Crippen molar-refractivity contribution < 1.29 is 9.59 Å². The van der Waals surface area contributed by atoms with Gasteiger partial charge in [0.25, 0.3) is 0 Å². The molecular weight excluding hydrogens is 424 g/mol. The first kappa shape index (κ1) is 22.1. The van der Waals surface area contributed by atoms with Gasteiger partial charge < -0.3 is 10.2 Å². The maximum atomic E-state index is 12.8. The Hall–Kier alpha value is -3.12. The van der Waals surface area contributed by atoms with E-state index >= 15 is 0 Å². The third-order valence-electron chi connectivity index (χ3n) is 6.05. The summed E-state index contributed by atoms with van der Waals surface area (Å²) in [5.74, 6) is -0.479. The number of hydrogen-bond acceptors (Lipinski definition) is 3. The highest BCUT2D eigenvalue weighted by Crippen LogP contribution is 2.24. The first-order valence-corrected chi connectivity index (χ1v) is 11.2. The van der Waals surface area contributed by atoms with Crippen LogP contribution in [0.2, 0.25) is 5.02 Å². The second-order valence-electron chi connectivity index (χ2n) is 8.28. The highest BCUT2D eigenvalue weighted by Gasteiger charge is 2.34. The smallest absolute Gasteiger partial charge is 0.225 e. The molecule has 1 aliphatic rings. The fourth-order valence-electron chi connectivity index (χ4n) is 4.15. The van der Waals surface area contributed by atoms with Crippen molar-refractivity contribution in [3.05, 3.63) is 87.7 Å². The van der Waals surface area contributed by atoms with Gasteiger partial charge >= 0.3 is 0 Å². The summed E-state index contributed by atoms with van der Waals surface area (Å²) in [6, 6.07) is 17.6. The molecule has 1 aliphatic heterocycles. The zero-order valence-electron chi connectivity index (χ0n) is 18.3. The lowest BCUT2D eigenvalue weighted by atomic mass is 10.1. The highest BCUT2D eigenvalue weighted by atomic mass is 35.5. The molecule has 1 N–H and O–H groups in total. The molecule has 2 amide bonds. The Morgan fingerprint density at radius 1 is 1.09 bits per heavy atom. The van der Waals surface area contributed by atoms with Crippen LogP contribution in [0.1, 0.15) is 34.5 Å². The van der Waals surface area contributed by atoms with E-state index in [2.05, 4.69) is 22.5 Å². The minimum atomic E-state index is -0.357. The Morgan fingerprint density at radius 2 is 1.81 bits per heavy atom.